The second kappa shape index (κ2) is 5.38. The molecular weight excluding hydrogens is 250 g/mol. The lowest BCUT2D eigenvalue weighted by Gasteiger charge is -2.16. The SMILES string of the molecule is CCC1CCN(S(=O)(=O)c2cccc(CO)c2)C1. The fourth-order valence-electron chi connectivity index (χ4n) is 2.30. The molecule has 0 spiro atoms. The van der Waals surface area contributed by atoms with E-state index in [1.807, 2.05) is 0 Å². The Morgan fingerprint density at radius 1 is 1.44 bits per heavy atom. The Bertz CT molecular complexity index is 513. The van der Waals surface area contributed by atoms with Gasteiger partial charge in [-0.15, -0.1) is 0 Å². The van der Waals surface area contributed by atoms with Crippen LogP contribution in [0.15, 0.2) is 29.2 Å². The van der Waals surface area contributed by atoms with Gasteiger partial charge in [0.1, 0.15) is 0 Å². The van der Waals surface area contributed by atoms with Crippen molar-refractivity contribution in [3.05, 3.63) is 29.8 Å². The second-order valence-corrected chi connectivity index (χ2v) is 6.67. The van der Waals surface area contributed by atoms with Crippen LogP contribution in [-0.2, 0) is 16.6 Å². The highest BCUT2D eigenvalue weighted by atomic mass is 32.2. The maximum atomic E-state index is 12.4. The monoisotopic (exact) mass is 269 g/mol. The molecular formula is C13H19NO3S. The van der Waals surface area contributed by atoms with Crippen LogP contribution in [-0.4, -0.2) is 30.9 Å². The van der Waals surface area contributed by atoms with E-state index >= 15 is 0 Å². The standard InChI is InChI=1S/C13H19NO3S/c1-2-11-6-7-14(9-11)18(16,17)13-5-3-4-12(8-13)10-15/h3-5,8,11,15H,2,6-7,9-10H2,1H3. The average Bonchev–Trinajstić information content (AvgIpc) is 2.88. The van der Waals surface area contributed by atoms with E-state index in [2.05, 4.69) is 6.92 Å². The molecule has 100 valence electrons. The van der Waals surface area contributed by atoms with Gasteiger partial charge in [-0.1, -0.05) is 25.5 Å². The van der Waals surface area contributed by atoms with Crippen LogP contribution in [0.25, 0.3) is 0 Å². The van der Waals surface area contributed by atoms with Crippen LogP contribution in [0.5, 0.6) is 0 Å². The highest BCUT2D eigenvalue weighted by Gasteiger charge is 2.31. The quantitative estimate of drug-likeness (QED) is 0.903. The van der Waals surface area contributed by atoms with E-state index in [1.165, 1.54) is 0 Å². The van der Waals surface area contributed by atoms with Gasteiger partial charge in [0.15, 0.2) is 0 Å². The molecule has 0 amide bonds. The summed E-state index contributed by atoms with van der Waals surface area (Å²) in [7, 11) is -3.39. The van der Waals surface area contributed by atoms with E-state index in [0.717, 1.165) is 12.8 Å². The van der Waals surface area contributed by atoms with Crippen LogP contribution in [0.4, 0.5) is 0 Å². The van der Waals surface area contributed by atoms with Crippen LogP contribution < -0.4 is 0 Å². The van der Waals surface area contributed by atoms with Crippen molar-refractivity contribution < 1.29 is 13.5 Å². The molecule has 0 bridgehead atoms. The molecule has 5 heteroatoms. The molecule has 0 aliphatic carbocycles. The maximum Gasteiger partial charge on any atom is 0.243 e. The van der Waals surface area contributed by atoms with E-state index in [-0.39, 0.29) is 11.5 Å². The predicted molar refractivity (Wildman–Crippen MR) is 69.5 cm³/mol. The number of hydrogen-bond donors (Lipinski definition) is 1. The van der Waals surface area contributed by atoms with E-state index in [0.29, 0.717) is 24.6 Å². The van der Waals surface area contributed by atoms with Crippen LogP contribution in [0, 0.1) is 5.92 Å². The summed E-state index contributed by atoms with van der Waals surface area (Å²) in [4.78, 5) is 0.283. The summed E-state index contributed by atoms with van der Waals surface area (Å²) in [5.74, 6) is 0.473. The molecule has 0 saturated carbocycles. The first-order valence-electron chi connectivity index (χ1n) is 6.28. The fraction of sp³-hybridized carbons (Fsp3) is 0.538. The second-order valence-electron chi connectivity index (χ2n) is 4.73. The Morgan fingerprint density at radius 2 is 2.22 bits per heavy atom. The molecule has 4 nitrogen and oxygen atoms in total. The average molecular weight is 269 g/mol. The van der Waals surface area contributed by atoms with Gasteiger partial charge in [-0.25, -0.2) is 8.42 Å². The van der Waals surface area contributed by atoms with Crippen molar-refractivity contribution >= 4 is 10.0 Å². The van der Waals surface area contributed by atoms with Crippen molar-refractivity contribution in [3.63, 3.8) is 0 Å². The van der Waals surface area contributed by atoms with Crippen LogP contribution in [0.2, 0.25) is 0 Å². The van der Waals surface area contributed by atoms with Crippen LogP contribution >= 0.6 is 0 Å². The molecule has 1 atom stereocenters. The summed E-state index contributed by atoms with van der Waals surface area (Å²) in [5.41, 5.74) is 0.627. The van der Waals surface area contributed by atoms with Gasteiger partial charge in [0, 0.05) is 13.1 Å². The normalized spacial score (nSPS) is 21.3. The third-order valence-corrected chi connectivity index (χ3v) is 5.41. The highest BCUT2D eigenvalue weighted by Crippen LogP contribution is 2.26. The van der Waals surface area contributed by atoms with Gasteiger partial charge in [0.2, 0.25) is 10.0 Å². The summed E-state index contributed by atoms with van der Waals surface area (Å²) in [6.07, 6.45) is 1.96. The molecule has 1 unspecified atom stereocenters. The highest BCUT2D eigenvalue weighted by molar-refractivity contribution is 7.89. The van der Waals surface area contributed by atoms with Gasteiger partial charge in [0.25, 0.3) is 0 Å². The van der Waals surface area contributed by atoms with Crippen molar-refractivity contribution in [2.75, 3.05) is 13.1 Å². The van der Waals surface area contributed by atoms with E-state index in [4.69, 9.17) is 5.11 Å². The minimum Gasteiger partial charge on any atom is -0.392 e. The third-order valence-electron chi connectivity index (χ3n) is 3.54. The lowest BCUT2D eigenvalue weighted by Crippen LogP contribution is -2.28. The molecule has 1 fully saturated rings. The molecule has 1 aromatic carbocycles. The minimum atomic E-state index is -3.39. The molecule has 1 N–H and O–H groups in total. The summed E-state index contributed by atoms with van der Waals surface area (Å²) in [6.45, 7) is 3.17. The van der Waals surface area contributed by atoms with Crippen molar-refractivity contribution in [2.24, 2.45) is 5.92 Å². The van der Waals surface area contributed by atoms with E-state index in [9.17, 15) is 8.42 Å². The van der Waals surface area contributed by atoms with Gasteiger partial charge in [0.05, 0.1) is 11.5 Å². The van der Waals surface area contributed by atoms with Gasteiger partial charge in [-0.05, 0) is 30.0 Å². The number of benzene rings is 1. The van der Waals surface area contributed by atoms with Crippen molar-refractivity contribution in [1.29, 1.82) is 0 Å². The predicted octanol–water partition coefficient (Wildman–Crippen LogP) is 1.60. The number of nitrogens with zero attached hydrogens (tertiary/aromatic N) is 1. The number of aliphatic hydroxyl groups excluding tert-OH is 1. The van der Waals surface area contributed by atoms with Crippen molar-refractivity contribution in [2.45, 2.75) is 31.3 Å². The molecule has 18 heavy (non-hydrogen) atoms. The summed E-state index contributed by atoms with van der Waals surface area (Å²) in [6, 6.07) is 6.53. The number of sulfonamides is 1. The van der Waals surface area contributed by atoms with E-state index in [1.54, 1.807) is 28.6 Å². The molecule has 0 radical (unpaired) electrons. The van der Waals surface area contributed by atoms with Crippen LogP contribution in [0.3, 0.4) is 0 Å². The number of rotatable bonds is 4. The summed E-state index contributed by atoms with van der Waals surface area (Å²) in [5, 5.41) is 9.06. The zero-order valence-electron chi connectivity index (χ0n) is 10.5. The smallest absolute Gasteiger partial charge is 0.243 e. The van der Waals surface area contributed by atoms with Gasteiger partial charge in [-0.3, -0.25) is 0 Å². The maximum absolute atomic E-state index is 12.4. The molecule has 1 aliphatic heterocycles. The Balaban J connectivity index is 2.25. The first kappa shape index (κ1) is 13.5. The molecule has 1 aromatic rings. The van der Waals surface area contributed by atoms with Gasteiger partial charge >= 0.3 is 0 Å². The lowest BCUT2D eigenvalue weighted by molar-refractivity contribution is 0.281. The Hall–Kier alpha value is -0.910. The molecule has 1 aliphatic rings. The number of hydrogen-bond acceptors (Lipinski definition) is 3. The first-order valence-corrected chi connectivity index (χ1v) is 7.72. The summed E-state index contributed by atoms with van der Waals surface area (Å²) >= 11 is 0. The molecule has 2 rings (SSSR count). The first-order chi connectivity index (χ1) is 8.57. The molecule has 1 heterocycles. The summed E-state index contributed by atoms with van der Waals surface area (Å²) < 4.78 is 26.4. The minimum absolute atomic E-state index is 0.138. The van der Waals surface area contributed by atoms with Gasteiger partial charge < -0.3 is 5.11 Å². The topological polar surface area (TPSA) is 57.6 Å². The van der Waals surface area contributed by atoms with Crippen molar-refractivity contribution in [1.82, 2.24) is 4.31 Å². The van der Waals surface area contributed by atoms with Crippen molar-refractivity contribution in [3.8, 4) is 0 Å². The lowest BCUT2D eigenvalue weighted by atomic mass is 10.1. The third kappa shape index (κ3) is 2.58. The zero-order valence-corrected chi connectivity index (χ0v) is 11.4. The zero-order chi connectivity index (χ0) is 13.2. The fourth-order valence-corrected chi connectivity index (χ4v) is 3.90. The molecule has 0 aromatic heterocycles. The molecule has 1 saturated heterocycles. The largest absolute Gasteiger partial charge is 0.392 e. The Labute approximate surface area is 108 Å². The Kier molecular flexibility index (Phi) is 4.04. The number of aliphatic hydroxyl groups is 1. The Morgan fingerprint density at radius 3 is 2.83 bits per heavy atom. The van der Waals surface area contributed by atoms with Crippen LogP contribution in [0.1, 0.15) is 25.3 Å². The van der Waals surface area contributed by atoms with E-state index < -0.39 is 10.0 Å². The van der Waals surface area contributed by atoms with Gasteiger partial charge in [-0.2, -0.15) is 4.31 Å².